The SMILES string of the molecule is CC(=O)NC1C(OC2C(CO)OC(O)C(NC(C)=O)C2OC(C)C(=O)NC(C)C(=O)NC(CCC(=O)NC(CCCCNC(=O)C(C)NC(=O)C(C)NC(=O)C(C)NC(=O)C(CCCCNC(=O)C(C)NC(=O)C(C)N)NC(=O)CCC(NC(=O)C(C)N)C(N)=O)C(=O)O)C(N)=O)OC(CO)C(O)C1O. The molecule has 0 saturated carbocycles. The maximum atomic E-state index is 13.6. The molecule has 0 radical (unpaired) electrons. The molecule has 2 fully saturated rings. The Balaban J connectivity index is 1.97. The topological polar surface area (TPSA) is 692 Å². The number of nitrogens with one attached hydrogen (secondary N) is 13. The zero-order valence-electron chi connectivity index (χ0n) is 60.3. The molecule has 15 amide bonds. The predicted octanol–water partition coefficient (Wildman–Crippen LogP) is -11.4. The Morgan fingerprint density at radius 2 is 0.819 bits per heavy atom. The lowest BCUT2D eigenvalue weighted by Gasteiger charge is -2.48. The Morgan fingerprint density at radius 1 is 0.429 bits per heavy atom. The van der Waals surface area contributed by atoms with Crippen molar-refractivity contribution >= 4 is 94.6 Å². The molecule has 0 aromatic heterocycles. The first-order valence-corrected chi connectivity index (χ1v) is 34.1. The van der Waals surface area contributed by atoms with Gasteiger partial charge in [0.05, 0.1) is 25.3 Å². The highest BCUT2D eigenvalue weighted by molar-refractivity contribution is 5.96. The number of aliphatic carboxylic acids is 1. The number of carboxylic acid groups (broad SMARTS) is 1. The lowest BCUT2D eigenvalue weighted by molar-refractivity contribution is -0.333. The highest BCUT2D eigenvalue weighted by atomic mass is 16.7. The van der Waals surface area contributed by atoms with E-state index >= 15 is 0 Å². The minimum absolute atomic E-state index is 0.0357. The summed E-state index contributed by atoms with van der Waals surface area (Å²) in [6, 6.07) is -16.8. The highest BCUT2D eigenvalue weighted by Crippen LogP contribution is 2.31. The van der Waals surface area contributed by atoms with Gasteiger partial charge in [0.2, 0.25) is 88.6 Å². The lowest BCUT2D eigenvalue weighted by Crippen LogP contribution is -2.70. The van der Waals surface area contributed by atoms with Crippen LogP contribution in [-0.2, 0) is 95.7 Å². The zero-order valence-corrected chi connectivity index (χ0v) is 60.3. The second kappa shape index (κ2) is 45.4. The molecule has 2 aliphatic heterocycles. The summed E-state index contributed by atoms with van der Waals surface area (Å²) in [6.07, 6.45) is -16.2. The number of carboxylic acids is 1. The maximum absolute atomic E-state index is 13.6. The third kappa shape index (κ3) is 31.7. The first-order chi connectivity index (χ1) is 49.0. The van der Waals surface area contributed by atoms with Gasteiger partial charge in [-0.1, -0.05) is 0 Å². The maximum Gasteiger partial charge on any atom is 0.326 e. The van der Waals surface area contributed by atoms with Crippen molar-refractivity contribution < 1.29 is 126 Å². The Kier molecular flexibility index (Phi) is 39.9. The van der Waals surface area contributed by atoms with Crippen molar-refractivity contribution in [1.29, 1.82) is 0 Å². The van der Waals surface area contributed by atoms with Crippen molar-refractivity contribution in [2.75, 3.05) is 26.3 Å². The fraction of sp³-hybridized carbons (Fsp3) is 0.742. The van der Waals surface area contributed by atoms with Gasteiger partial charge < -0.3 is 142 Å². The van der Waals surface area contributed by atoms with E-state index in [9.17, 15) is 107 Å². The Bertz CT molecular complexity index is 3010. The van der Waals surface area contributed by atoms with E-state index in [-0.39, 0.29) is 58.0 Å². The summed E-state index contributed by atoms with van der Waals surface area (Å²) in [5, 5.41) is 94.0. The molecule has 2 saturated heterocycles. The standard InChI is InChI=1S/C62H107N17O26/c1-25(63)51(90)69-27(3)53(92)67-21-13-11-15-37(76-41(84)19-17-35(49(65)88)78-52(91)26(2)64)59(98)73-30(6)56(95)71-29(5)55(94)70-28(4)54(93)68-22-14-12-16-38(60(99)100)77-42(85)20-18-36(50(66)89)79-57(96)31(7)72-58(97)32(8)102-48-44(75-34(10)83)61(101)103-40(24-81)47(48)105-62-43(74-33(9)82)46(87)45(86)39(23-80)104-62/h25-32,35-40,43-48,61-62,80-81,86-87,101H,11-24,63-64H2,1-10H3,(H2,65,88)(H2,66,89)(H,67,92)(H,68,93)(H,69,90)(H,70,94)(H,71,95)(H,72,97)(H,73,98)(H,74,82)(H,75,83)(H,76,84)(H,77,85)(H,78,91)(H,79,96)(H,99,100). The summed E-state index contributed by atoms with van der Waals surface area (Å²) in [4.78, 5) is 204. The van der Waals surface area contributed by atoms with E-state index in [0.29, 0.717) is 0 Å². The minimum atomic E-state index is -1.92. The molecule has 22 atom stereocenters. The van der Waals surface area contributed by atoms with E-state index in [2.05, 4.69) is 69.1 Å². The van der Waals surface area contributed by atoms with Gasteiger partial charge in [0.15, 0.2) is 12.6 Å². The average Bonchev–Trinajstić information content (AvgIpc) is 0.775. The molecule has 43 nitrogen and oxygen atoms in total. The minimum Gasteiger partial charge on any atom is -0.480 e. The van der Waals surface area contributed by atoms with Crippen molar-refractivity contribution in [2.45, 2.75) is 267 Å². The Morgan fingerprint density at radius 3 is 1.26 bits per heavy atom. The molecule has 0 aliphatic carbocycles. The van der Waals surface area contributed by atoms with Gasteiger partial charge in [-0.05, 0) is 107 Å². The van der Waals surface area contributed by atoms with Gasteiger partial charge in [-0.3, -0.25) is 71.9 Å². The van der Waals surface area contributed by atoms with Gasteiger partial charge in [0.25, 0.3) is 0 Å². The van der Waals surface area contributed by atoms with Gasteiger partial charge in [-0.25, -0.2) is 4.79 Å². The number of aliphatic hydroxyl groups is 5. The van der Waals surface area contributed by atoms with Gasteiger partial charge >= 0.3 is 5.97 Å². The summed E-state index contributed by atoms with van der Waals surface area (Å²) in [7, 11) is 0. The van der Waals surface area contributed by atoms with E-state index in [1.165, 1.54) is 55.4 Å². The quantitative estimate of drug-likeness (QED) is 0.0252. The van der Waals surface area contributed by atoms with Crippen LogP contribution in [0.1, 0.15) is 133 Å². The largest absolute Gasteiger partial charge is 0.480 e. The monoisotopic (exact) mass is 1510 g/mol. The highest BCUT2D eigenvalue weighted by Gasteiger charge is 2.53. The number of amides is 15. The molecule has 0 bridgehead atoms. The van der Waals surface area contributed by atoms with Crippen molar-refractivity contribution in [2.24, 2.45) is 22.9 Å². The first kappa shape index (κ1) is 92.2. The molecule has 43 heteroatoms. The van der Waals surface area contributed by atoms with Crippen LogP contribution in [0.5, 0.6) is 0 Å². The molecule has 2 heterocycles. The average molecular weight is 1510 g/mol. The van der Waals surface area contributed by atoms with Crippen LogP contribution in [0.2, 0.25) is 0 Å². The molecule has 2 rings (SSSR count). The molecule has 105 heavy (non-hydrogen) atoms. The molecular formula is C62H107N17O26. The van der Waals surface area contributed by atoms with E-state index in [0.717, 1.165) is 13.8 Å². The number of unbranched alkanes of at least 4 members (excludes halogenated alkanes) is 2. The fourth-order valence-electron chi connectivity index (χ4n) is 10.3. The van der Waals surface area contributed by atoms with Gasteiger partial charge in [-0.15, -0.1) is 0 Å². The van der Waals surface area contributed by atoms with Crippen LogP contribution in [0, 0.1) is 0 Å². The van der Waals surface area contributed by atoms with Gasteiger partial charge in [0.1, 0.15) is 109 Å². The summed E-state index contributed by atoms with van der Waals surface area (Å²) in [5.74, 6) is -13.6. The smallest absolute Gasteiger partial charge is 0.326 e. The number of hydrogen-bond acceptors (Lipinski definition) is 27. The molecule has 22 unspecified atom stereocenters. The number of carbonyl (C=O) groups is 16. The van der Waals surface area contributed by atoms with E-state index < -0.39 is 261 Å². The number of aliphatic hydroxyl groups excluding tert-OH is 5. The number of primary amides is 2. The number of rotatable bonds is 45. The van der Waals surface area contributed by atoms with E-state index in [4.69, 9.17) is 41.9 Å². The summed E-state index contributed by atoms with van der Waals surface area (Å²) in [5.41, 5.74) is 22.0. The molecule has 2 aliphatic rings. The van der Waals surface area contributed by atoms with Crippen LogP contribution in [-0.4, -0.2) is 285 Å². The normalized spacial score (nSPS) is 23.3. The van der Waals surface area contributed by atoms with Crippen molar-refractivity contribution in [3.05, 3.63) is 0 Å². The predicted molar refractivity (Wildman–Crippen MR) is 361 cm³/mol. The zero-order chi connectivity index (χ0) is 79.9. The van der Waals surface area contributed by atoms with Crippen LogP contribution in [0.4, 0.5) is 0 Å². The van der Waals surface area contributed by atoms with Crippen LogP contribution >= 0.6 is 0 Å². The van der Waals surface area contributed by atoms with Crippen molar-refractivity contribution in [3.63, 3.8) is 0 Å². The third-order valence-corrected chi connectivity index (χ3v) is 16.4. The first-order valence-electron chi connectivity index (χ1n) is 34.1. The molecule has 27 N–H and O–H groups in total. The van der Waals surface area contributed by atoms with Crippen molar-refractivity contribution in [3.8, 4) is 0 Å². The van der Waals surface area contributed by atoms with Crippen LogP contribution in [0.3, 0.4) is 0 Å². The van der Waals surface area contributed by atoms with Crippen LogP contribution in [0.25, 0.3) is 0 Å². The molecule has 0 aromatic rings. The number of hydrogen-bond donors (Lipinski definition) is 23. The van der Waals surface area contributed by atoms with Gasteiger partial charge in [-0.2, -0.15) is 0 Å². The summed E-state index contributed by atoms with van der Waals surface area (Å²) >= 11 is 0. The second-order valence-corrected chi connectivity index (χ2v) is 25.6. The number of nitrogens with two attached hydrogens (primary N) is 4. The number of ether oxygens (including phenoxy) is 4. The molecule has 596 valence electrons. The second-order valence-electron chi connectivity index (χ2n) is 25.6. The summed E-state index contributed by atoms with van der Waals surface area (Å²) in [6.45, 7) is 11.0. The Hall–Kier alpha value is -8.92. The van der Waals surface area contributed by atoms with Gasteiger partial charge in [0, 0.05) is 39.8 Å². The van der Waals surface area contributed by atoms with Crippen LogP contribution in [0.15, 0.2) is 0 Å². The van der Waals surface area contributed by atoms with Crippen LogP contribution < -0.4 is 92.1 Å². The molecule has 0 spiro atoms. The molecule has 0 aromatic carbocycles. The summed E-state index contributed by atoms with van der Waals surface area (Å²) < 4.78 is 23.2. The molecular weight excluding hydrogens is 1400 g/mol. The van der Waals surface area contributed by atoms with E-state index in [1.54, 1.807) is 0 Å². The van der Waals surface area contributed by atoms with Crippen molar-refractivity contribution in [1.82, 2.24) is 69.1 Å². The van der Waals surface area contributed by atoms with E-state index in [1.807, 2.05) is 0 Å². The fourth-order valence-corrected chi connectivity index (χ4v) is 10.3. The lowest BCUT2D eigenvalue weighted by atomic mass is 9.94. The third-order valence-electron chi connectivity index (χ3n) is 16.4. The number of carbonyl (C=O) groups excluding carboxylic acids is 15. The Labute approximate surface area is 604 Å².